The van der Waals surface area contributed by atoms with Gasteiger partial charge in [-0.1, -0.05) is 35.9 Å². The van der Waals surface area contributed by atoms with E-state index >= 15 is 0 Å². The average Bonchev–Trinajstić information content (AvgIpc) is 3.17. The number of esters is 1. The number of carbonyl (C=O) groups is 3. The highest BCUT2D eigenvalue weighted by atomic mass is 35.5. The molecule has 0 aliphatic heterocycles. The van der Waals surface area contributed by atoms with Gasteiger partial charge in [-0.2, -0.15) is 0 Å². The van der Waals surface area contributed by atoms with Crippen molar-refractivity contribution in [2.24, 2.45) is 0 Å². The molecule has 8 heteroatoms. The van der Waals surface area contributed by atoms with Gasteiger partial charge in [0.05, 0.1) is 18.0 Å². The largest absolute Gasteiger partial charge is 0.459 e. The number of amides is 2. The van der Waals surface area contributed by atoms with Crippen molar-refractivity contribution in [3.05, 3.63) is 71.4 Å². The number of nitrogens with one attached hydrogen (secondary N) is 3. The monoisotopic (exact) mass is 435 g/mol. The number of H-pyrrole nitrogens is 1. The van der Waals surface area contributed by atoms with Gasteiger partial charge in [0.1, 0.15) is 5.69 Å². The Hall–Kier alpha value is -3.84. The highest BCUT2D eigenvalue weighted by molar-refractivity contribution is 6.38. The average molecular weight is 436 g/mol. The Morgan fingerprint density at radius 3 is 2.26 bits per heavy atom. The fraction of sp³-hybridized carbons (Fsp3) is 0.0870. The Bertz CT molecular complexity index is 1330. The first-order valence-corrected chi connectivity index (χ1v) is 9.93. The summed E-state index contributed by atoms with van der Waals surface area (Å²) in [6.07, 6.45) is 0. The van der Waals surface area contributed by atoms with Gasteiger partial charge in [0.2, 0.25) is 0 Å². The number of anilines is 2. The predicted molar refractivity (Wildman–Crippen MR) is 120 cm³/mol. The normalized spacial score (nSPS) is 10.8. The molecule has 3 aromatic carbocycles. The van der Waals surface area contributed by atoms with E-state index in [-0.39, 0.29) is 12.3 Å². The van der Waals surface area contributed by atoms with Crippen molar-refractivity contribution in [2.45, 2.75) is 6.92 Å². The molecule has 0 aliphatic rings. The fourth-order valence-electron chi connectivity index (χ4n) is 3.23. The zero-order chi connectivity index (χ0) is 22.0. The van der Waals surface area contributed by atoms with E-state index in [4.69, 9.17) is 16.3 Å². The van der Waals surface area contributed by atoms with Crippen molar-refractivity contribution >= 4 is 62.4 Å². The van der Waals surface area contributed by atoms with Crippen LogP contribution in [0.3, 0.4) is 0 Å². The van der Waals surface area contributed by atoms with Crippen LogP contribution in [0.1, 0.15) is 17.4 Å². The van der Waals surface area contributed by atoms with Gasteiger partial charge < -0.3 is 20.4 Å². The maximum Gasteiger partial charge on any atom is 0.397 e. The second kappa shape index (κ2) is 8.49. The zero-order valence-corrected chi connectivity index (χ0v) is 17.2. The van der Waals surface area contributed by atoms with Crippen molar-refractivity contribution in [1.82, 2.24) is 4.98 Å². The summed E-state index contributed by atoms with van der Waals surface area (Å²) in [5, 5.41) is 8.38. The van der Waals surface area contributed by atoms with Gasteiger partial charge in [-0.15, -0.1) is 0 Å². The minimum Gasteiger partial charge on any atom is -0.459 e. The van der Waals surface area contributed by atoms with E-state index in [1.165, 1.54) is 0 Å². The first-order valence-electron chi connectivity index (χ1n) is 9.55. The summed E-state index contributed by atoms with van der Waals surface area (Å²) in [5.74, 6) is -2.33. The molecule has 7 nitrogen and oxygen atoms in total. The Labute approximate surface area is 182 Å². The van der Waals surface area contributed by atoms with Gasteiger partial charge in [-0.05, 0) is 54.1 Å². The van der Waals surface area contributed by atoms with Crippen molar-refractivity contribution in [3.8, 4) is 0 Å². The predicted octanol–water partition coefficient (Wildman–Crippen LogP) is 4.73. The number of carbonyl (C=O) groups excluding carboxylic acids is 3. The van der Waals surface area contributed by atoms with E-state index in [0.717, 1.165) is 21.7 Å². The lowest BCUT2D eigenvalue weighted by Gasteiger charge is -2.13. The fourth-order valence-corrected chi connectivity index (χ4v) is 3.41. The molecule has 2 amide bonds. The number of benzene rings is 3. The van der Waals surface area contributed by atoms with Crippen LogP contribution in [0.4, 0.5) is 11.4 Å². The third kappa shape index (κ3) is 4.36. The van der Waals surface area contributed by atoms with Crippen LogP contribution in [0.25, 0.3) is 21.7 Å². The molecule has 0 saturated carbocycles. The number of rotatable bonds is 4. The van der Waals surface area contributed by atoms with Crippen molar-refractivity contribution in [1.29, 1.82) is 0 Å². The molecule has 0 radical (unpaired) electrons. The summed E-state index contributed by atoms with van der Waals surface area (Å²) in [6, 6.07) is 17.8. The van der Waals surface area contributed by atoms with Crippen LogP contribution < -0.4 is 10.6 Å². The van der Waals surface area contributed by atoms with Gasteiger partial charge in [-0.25, -0.2) is 4.79 Å². The molecule has 0 spiro atoms. The minimum absolute atomic E-state index is 0.0813. The minimum atomic E-state index is -1.000. The summed E-state index contributed by atoms with van der Waals surface area (Å²) < 4.78 is 4.74. The molecule has 0 aliphatic carbocycles. The standard InChI is InChI=1S/C23H18ClN3O4/c1-2-31-23(30)22(29)27-19-11-14-6-4-3-5-13(14)10-18(19)26-21(28)20-12-15-9-16(24)7-8-17(15)25-20/h3-12,25H,2H2,1H3,(H,26,28)(H,27,29). The Kier molecular flexibility index (Phi) is 5.60. The van der Waals surface area contributed by atoms with Crippen LogP contribution in [-0.4, -0.2) is 29.4 Å². The number of hydrogen-bond donors (Lipinski definition) is 3. The van der Waals surface area contributed by atoms with E-state index in [0.29, 0.717) is 16.4 Å². The first-order chi connectivity index (χ1) is 14.9. The molecule has 0 fully saturated rings. The quantitative estimate of drug-likeness (QED) is 0.318. The lowest BCUT2D eigenvalue weighted by atomic mass is 10.1. The van der Waals surface area contributed by atoms with Crippen molar-refractivity contribution in [2.75, 3.05) is 17.2 Å². The van der Waals surface area contributed by atoms with Crippen LogP contribution in [-0.2, 0) is 14.3 Å². The van der Waals surface area contributed by atoms with E-state index in [1.54, 1.807) is 43.3 Å². The van der Waals surface area contributed by atoms with Crippen LogP contribution >= 0.6 is 11.6 Å². The molecular weight excluding hydrogens is 418 g/mol. The maximum absolute atomic E-state index is 12.9. The summed E-state index contributed by atoms with van der Waals surface area (Å²) in [4.78, 5) is 39.9. The number of ether oxygens (including phenoxy) is 1. The lowest BCUT2D eigenvalue weighted by Crippen LogP contribution is -2.26. The SMILES string of the molecule is CCOC(=O)C(=O)Nc1cc2ccccc2cc1NC(=O)c1cc2cc(Cl)ccc2[nH]1. The lowest BCUT2D eigenvalue weighted by molar-refractivity contribution is -0.152. The second-order valence-electron chi connectivity index (χ2n) is 6.79. The number of aromatic nitrogens is 1. The van der Waals surface area contributed by atoms with Crippen LogP contribution in [0, 0.1) is 0 Å². The van der Waals surface area contributed by atoms with Gasteiger partial charge in [0, 0.05) is 15.9 Å². The molecule has 0 atom stereocenters. The van der Waals surface area contributed by atoms with Crippen LogP contribution in [0.2, 0.25) is 5.02 Å². The number of fused-ring (bicyclic) bond motifs is 2. The Balaban J connectivity index is 1.67. The van der Waals surface area contributed by atoms with E-state index in [1.807, 2.05) is 24.3 Å². The van der Waals surface area contributed by atoms with Crippen LogP contribution in [0.5, 0.6) is 0 Å². The van der Waals surface area contributed by atoms with E-state index < -0.39 is 17.8 Å². The highest BCUT2D eigenvalue weighted by Gasteiger charge is 2.19. The molecule has 0 bridgehead atoms. The zero-order valence-electron chi connectivity index (χ0n) is 16.5. The third-order valence-corrected chi connectivity index (χ3v) is 4.91. The summed E-state index contributed by atoms with van der Waals surface area (Å²) in [7, 11) is 0. The van der Waals surface area contributed by atoms with Crippen molar-refractivity contribution < 1.29 is 19.1 Å². The maximum atomic E-state index is 12.9. The summed E-state index contributed by atoms with van der Waals surface area (Å²) in [6.45, 7) is 1.69. The molecule has 4 rings (SSSR count). The molecule has 31 heavy (non-hydrogen) atoms. The Morgan fingerprint density at radius 1 is 0.903 bits per heavy atom. The number of aromatic amines is 1. The third-order valence-electron chi connectivity index (χ3n) is 4.67. The number of hydrogen-bond acceptors (Lipinski definition) is 4. The molecule has 3 N–H and O–H groups in total. The van der Waals surface area contributed by atoms with E-state index in [9.17, 15) is 14.4 Å². The van der Waals surface area contributed by atoms with E-state index in [2.05, 4.69) is 15.6 Å². The summed E-state index contributed by atoms with van der Waals surface area (Å²) in [5.41, 5.74) is 1.72. The van der Waals surface area contributed by atoms with Gasteiger partial charge in [0.25, 0.3) is 5.91 Å². The highest BCUT2D eigenvalue weighted by Crippen LogP contribution is 2.29. The smallest absolute Gasteiger partial charge is 0.397 e. The molecule has 156 valence electrons. The molecular formula is C23H18ClN3O4. The topological polar surface area (TPSA) is 100 Å². The molecule has 0 unspecified atom stereocenters. The molecule has 4 aromatic rings. The van der Waals surface area contributed by atoms with Crippen LogP contribution in [0.15, 0.2) is 60.7 Å². The second-order valence-corrected chi connectivity index (χ2v) is 7.22. The van der Waals surface area contributed by atoms with Gasteiger partial charge in [-0.3, -0.25) is 9.59 Å². The molecule has 0 saturated heterocycles. The summed E-state index contributed by atoms with van der Waals surface area (Å²) >= 11 is 6.02. The van der Waals surface area contributed by atoms with Crippen molar-refractivity contribution in [3.63, 3.8) is 0 Å². The first kappa shape index (κ1) is 20.4. The number of halogens is 1. The molecule has 1 heterocycles. The molecule has 1 aromatic heterocycles. The Morgan fingerprint density at radius 2 is 1.58 bits per heavy atom. The van der Waals surface area contributed by atoms with Gasteiger partial charge in [0.15, 0.2) is 0 Å². The van der Waals surface area contributed by atoms with Gasteiger partial charge >= 0.3 is 11.9 Å².